The summed E-state index contributed by atoms with van der Waals surface area (Å²) < 4.78 is 5.54. The SMILES string of the molecule is Cc1ccc(Oc2ccc(N)cc2C(=O)O)cc1. The van der Waals surface area contributed by atoms with E-state index in [0.717, 1.165) is 5.56 Å². The van der Waals surface area contributed by atoms with Crippen molar-refractivity contribution in [2.24, 2.45) is 0 Å². The number of nitrogens with two attached hydrogens (primary N) is 1. The fourth-order valence-electron chi connectivity index (χ4n) is 1.54. The molecule has 2 aromatic carbocycles. The molecule has 4 nitrogen and oxygen atoms in total. The maximum atomic E-state index is 11.1. The lowest BCUT2D eigenvalue weighted by molar-refractivity contribution is 0.0694. The lowest BCUT2D eigenvalue weighted by Crippen LogP contribution is -2.01. The zero-order valence-corrected chi connectivity index (χ0v) is 9.88. The second kappa shape index (κ2) is 4.79. The molecule has 0 fully saturated rings. The summed E-state index contributed by atoms with van der Waals surface area (Å²) in [5, 5.41) is 9.08. The van der Waals surface area contributed by atoms with Gasteiger partial charge in [0, 0.05) is 5.69 Å². The van der Waals surface area contributed by atoms with Crippen LogP contribution in [0.4, 0.5) is 5.69 Å². The molecule has 0 aliphatic carbocycles. The van der Waals surface area contributed by atoms with Crippen molar-refractivity contribution in [3.8, 4) is 11.5 Å². The smallest absolute Gasteiger partial charge is 0.339 e. The van der Waals surface area contributed by atoms with E-state index < -0.39 is 5.97 Å². The minimum atomic E-state index is -1.07. The lowest BCUT2D eigenvalue weighted by Gasteiger charge is -2.09. The summed E-state index contributed by atoms with van der Waals surface area (Å²) in [6.07, 6.45) is 0. The molecule has 0 spiro atoms. The molecule has 92 valence electrons. The van der Waals surface area contributed by atoms with E-state index in [-0.39, 0.29) is 11.3 Å². The predicted molar refractivity (Wildman–Crippen MR) is 69.1 cm³/mol. The summed E-state index contributed by atoms with van der Waals surface area (Å²) in [6, 6.07) is 11.9. The van der Waals surface area contributed by atoms with Gasteiger partial charge in [-0.25, -0.2) is 4.79 Å². The van der Waals surface area contributed by atoms with Crippen LogP contribution in [0.3, 0.4) is 0 Å². The molecule has 0 radical (unpaired) electrons. The Bertz CT molecular complexity index is 576. The first kappa shape index (κ1) is 12.0. The highest BCUT2D eigenvalue weighted by Crippen LogP contribution is 2.27. The summed E-state index contributed by atoms with van der Waals surface area (Å²) in [6.45, 7) is 1.97. The fraction of sp³-hybridized carbons (Fsp3) is 0.0714. The van der Waals surface area contributed by atoms with Gasteiger partial charge in [-0.3, -0.25) is 0 Å². The van der Waals surface area contributed by atoms with Crippen LogP contribution in [0.5, 0.6) is 11.5 Å². The molecule has 18 heavy (non-hydrogen) atoms. The largest absolute Gasteiger partial charge is 0.478 e. The number of aromatic carboxylic acids is 1. The van der Waals surface area contributed by atoms with Crippen LogP contribution < -0.4 is 10.5 Å². The third-order valence-corrected chi connectivity index (χ3v) is 2.48. The minimum absolute atomic E-state index is 0.0515. The Labute approximate surface area is 105 Å². The highest BCUT2D eigenvalue weighted by Gasteiger charge is 2.12. The molecule has 0 aliphatic rings. The van der Waals surface area contributed by atoms with Gasteiger partial charge in [0.2, 0.25) is 0 Å². The molecule has 4 heteroatoms. The maximum absolute atomic E-state index is 11.1. The molecule has 3 N–H and O–H groups in total. The Morgan fingerprint density at radius 1 is 1.17 bits per heavy atom. The van der Waals surface area contributed by atoms with Crippen LogP contribution in [0.1, 0.15) is 15.9 Å². The van der Waals surface area contributed by atoms with E-state index in [4.69, 9.17) is 15.6 Å². The van der Waals surface area contributed by atoms with Crippen molar-refractivity contribution in [1.29, 1.82) is 0 Å². The zero-order chi connectivity index (χ0) is 13.1. The van der Waals surface area contributed by atoms with Crippen molar-refractivity contribution in [2.75, 3.05) is 5.73 Å². The lowest BCUT2D eigenvalue weighted by atomic mass is 10.2. The van der Waals surface area contributed by atoms with Gasteiger partial charge >= 0.3 is 5.97 Å². The van der Waals surface area contributed by atoms with Crippen molar-refractivity contribution < 1.29 is 14.6 Å². The topological polar surface area (TPSA) is 72.5 Å². The number of anilines is 1. The van der Waals surface area contributed by atoms with Crippen LogP contribution in [-0.4, -0.2) is 11.1 Å². The van der Waals surface area contributed by atoms with Gasteiger partial charge in [-0.05, 0) is 37.3 Å². The second-order valence-electron chi connectivity index (χ2n) is 3.98. The Kier molecular flexibility index (Phi) is 3.19. The molecular formula is C14H13NO3. The fourth-order valence-corrected chi connectivity index (χ4v) is 1.54. The van der Waals surface area contributed by atoms with E-state index in [1.165, 1.54) is 6.07 Å². The molecule has 2 aromatic rings. The number of rotatable bonds is 3. The monoisotopic (exact) mass is 243 g/mol. The number of nitrogen functional groups attached to an aromatic ring is 1. The minimum Gasteiger partial charge on any atom is -0.478 e. The summed E-state index contributed by atoms with van der Waals surface area (Å²) in [4.78, 5) is 11.1. The quantitative estimate of drug-likeness (QED) is 0.812. The first-order chi connectivity index (χ1) is 8.56. The van der Waals surface area contributed by atoms with Gasteiger partial charge in [-0.15, -0.1) is 0 Å². The van der Waals surface area contributed by atoms with Crippen LogP contribution in [0, 0.1) is 6.92 Å². The molecule has 0 aliphatic heterocycles. The van der Waals surface area contributed by atoms with Crippen molar-refractivity contribution >= 4 is 11.7 Å². The molecule has 0 saturated carbocycles. The molecule has 0 atom stereocenters. The van der Waals surface area contributed by atoms with E-state index in [9.17, 15) is 4.79 Å². The Balaban J connectivity index is 2.34. The van der Waals surface area contributed by atoms with Gasteiger partial charge in [-0.1, -0.05) is 17.7 Å². The van der Waals surface area contributed by atoms with Gasteiger partial charge in [0.25, 0.3) is 0 Å². The normalized spacial score (nSPS) is 10.1. The molecule has 0 unspecified atom stereocenters. The predicted octanol–water partition coefficient (Wildman–Crippen LogP) is 3.07. The molecule has 0 heterocycles. The highest BCUT2D eigenvalue weighted by molar-refractivity contribution is 5.92. The molecule has 0 saturated heterocycles. The molecule has 2 rings (SSSR count). The van der Waals surface area contributed by atoms with Gasteiger partial charge in [-0.2, -0.15) is 0 Å². The number of carbonyl (C=O) groups is 1. The maximum Gasteiger partial charge on any atom is 0.339 e. The number of hydrogen-bond acceptors (Lipinski definition) is 3. The average molecular weight is 243 g/mol. The van der Waals surface area contributed by atoms with Crippen LogP contribution in [0.15, 0.2) is 42.5 Å². The van der Waals surface area contributed by atoms with E-state index in [2.05, 4.69) is 0 Å². The van der Waals surface area contributed by atoms with Crippen molar-refractivity contribution in [3.05, 3.63) is 53.6 Å². The Morgan fingerprint density at radius 3 is 2.44 bits per heavy atom. The standard InChI is InChI=1S/C14H13NO3/c1-9-2-5-11(6-3-9)18-13-7-4-10(15)8-12(13)14(16)17/h2-8H,15H2,1H3,(H,16,17). The first-order valence-electron chi connectivity index (χ1n) is 5.43. The second-order valence-corrected chi connectivity index (χ2v) is 3.98. The zero-order valence-electron chi connectivity index (χ0n) is 9.88. The Hall–Kier alpha value is -2.49. The van der Waals surface area contributed by atoms with Crippen LogP contribution in [-0.2, 0) is 0 Å². The molecular weight excluding hydrogens is 230 g/mol. The van der Waals surface area contributed by atoms with E-state index >= 15 is 0 Å². The van der Waals surface area contributed by atoms with Crippen molar-refractivity contribution in [1.82, 2.24) is 0 Å². The van der Waals surface area contributed by atoms with E-state index in [1.807, 2.05) is 19.1 Å². The van der Waals surface area contributed by atoms with Crippen molar-refractivity contribution in [2.45, 2.75) is 6.92 Å². The van der Waals surface area contributed by atoms with Crippen LogP contribution in [0.25, 0.3) is 0 Å². The summed E-state index contributed by atoms with van der Waals surface area (Å²) in [5.74, 6) is -0.196. The van der Waals surface area contributed by atoms with Crippen molar-refractivity contribution in [3.63, 3.8) is 0 Å². The van der Waals surface area contributed by atoms with Gasteiger partial charge in [0.15, 0.2) is 0 Å². The third-order valence-electron chi connectivity index (χ3n) is 2.48. The molecule has 0 amide bonds. The number of aryl methyl sites for hydroxylation is 1. The number of carboxylic acid groups (broad SMARTS) is 1. The van der Waals surface area contributed by atoms with Gasteiger partial charge in [0.05, 0.1) is 0 Å². The van der Waals surface area contributed by atoms with E-state index in [0.29, 0.717) is 11.4 Å². The van der Waals surface area contributed by atoms with Gasteiger partial charge < -0.3 is 15.6 Å². The Morgan fingerprint density at radius 2 is 1.83 bits per heavy atom. The number of hydrogen-bond donors (Lipinski definition) is 2. The number of benzene rings is 2. The summed E-state index contributed by atoms with van der Waals surface area (Å²) >= 11 is 0. The van der Waals surface area contributed by atoms with Crippen LogP contribution in [0.2, 0.25) is 0 Å². The molecule has 0 aromatic heterocycles. The number of ether oxygens (including phenoxy) is 1. The van der Waals surface area contributed by atoms with Crippen LogP contribution >= 0.6 is 0 Å². The van der Waals surface area contributed by atoms with E-state index in [1.54, 1.807) is 24.3 Å². The molecule has 0 bridgehead atoms. The summed E-state index contributed by atoms with van der Waals surface area (Å²) in [7, 11) is 0. The number of carboxylic acids is 1. The first-order valence-corrected chi connectivity index (χ1v) is 5.43. The summed E-state index contributed by atoms with van der Waals surface area (Å²) in [5.41, 5.74) is 7.11. The third kappa shape index (κ3) is 2.60. The highest BCUT2D eigenvalue weighted by atomic mass is 16.5. The average Bonchev–Trinajstić information content (AvgIpc) is 2.34. The van der Waals surface area contributed by atoms with Gasteiger partial charge in [0.1, 0.15) is 17.1 Å².